The summed E-state index contributed by atoms with van der Waals surface area (Å²) < 4.78 is 5.46. The van der Waals surface area contributed by atoms with E-state index in [2.05, 4.69) is 9.97 Å². The molecule has 3 heterocycles. The number of hydrogen-bond acceptors (Lipinski definition) is 4. The molecule has 1 atom stereocenters. The normalized spacial score (nSPS) is 22.6. The Morgan fingerprint density at radius 3 is 2.74 bits per heavy atom. The van der Waals surface area contributed by atoms with E-state index in [1.54, 1.807) is 6.20 Å². The number of aromatic nitrogens is 2. The molecule has 120 valence electrons. The average molecular weight is 311 g/mol. The highest BCUT2D eigenvalue weighted by Gasteiger charge is 2.36. The molecule has 1 unspecified atom stereocenters. The summed E-state index contributed by atoms with van der Waals surface area (Å²) in [5, 5.41) is 0. The minimum Gasteiger partial charge on any atom is -0.381 e. The molecular weight excluding hydrogens is 290 g/mol. The standard InChI is InChI=1S/C18H21N3O2/c22-18(16-12-19-14-4-1-2-5-15(14)20-16)21-9-3-6-17(21)13-7-10-23-11-8-13/h1-2,4-5,12-13,17H,3,6-11H2. The zero-order valence-electron chi connectivity index (χ0n) is 13.1. The Kier molecular flexibility index (Phi) is 3.95. The van der Waals surface area contributed by atoms with Gasteiger partial charge in [0.25, 0.3) is 5.91 Å². The van der Waals surface area contributed by atoms with E-state index in [0.717, 1.165) is 56.5 Å². The van der Waals surface area contributed by atoms with E-state index < -0.39 is 0 Å². The minimum atomic E-state index is 0.0252. The van der Waals surface area contributed by atoms with Gasteiger partial charge in [0.1, 0.15) is 5.69 Å². The third-order valence-corrected chi connectivity index (χ3v) is 5.04. The first-order chi connectivity index (χ1) is 11.3. The van der Waals surface area contributed by atoms with Gasteiger partial charge in [0.05, 0.1) is 17.2 Å². The van der Waals surface area contributed by atoms with E-state index >= 15 is 0 Å². The molecule has 0 spiro atoms. The molecule has 1 aromatic carbocycles. The van der Waals surface area contributed by atoms with Crippen molar-refractivity contribution in [2.45, 2.75) is 31.7 Å². The molecule has 1 amide bonds. The fourth-order valence-electron chi connectivity index (χ4n) is 3.84. The van der Waals surface area contributed by atoms with E-state index in [9.17, 15) is 4.79 Å². The van der Waals surface area contributed by atoms with Crippen LogP contribution in [0.5, 0.6) is 0 Å². The molecule has 0 bridgehead atoms. The Hall–Kier alpha value is -2.01. The molecule has 23 heavy (non-hydrogen) atoms. The lowest BCUT2D eigenvalue weighted by molar-refractivity contribution is 0.0320. The van der Waals surface area contributed by atoms with Crippen LogP contribution in [-0.4, -0.2) is 46.6 Å². The van der Waals surface area contributed by atoms with Crippen LogP contribution in [0.25, 0.3) is 11.0 Å². The van der Waals surface area contributed by atoms with Crippen molar-refractivity contribution in [1.29, 1.82) is 0 Å². The number of benzene rings is 1. The SMILES string of the molecule is O=C(c1cnc2ccccc2n1)N1CCCC1C1CCOCC1. The van der Waals surface area contributed by atoms with Gasteiger partial charge in [-0.05, 0) is 43.7 Å². The number of rotatable bonds is 2. The molecule has 2 aliphatic rings. The highest BCUT2D eigenvalue weighted by Crippen LogP contribution is 2.31. The van der Waals surface area contributed by atoms with Crippen LogP contribution < -0.4 is 0 Å². The maximum Gasteiger partial charge on any atom is 0.274 e. The summed E-state index contributed by atoms with van der Waals surface area (Å²) in [6, 6.07) is 8.00. The van der Waals surface area contributed by atoms with Crippen molar-refractivity contribution in [3.63, 3.8) is 0 Å². The number of fused-ring (bicyclic) bond motifs is 1. The molecule has 0 N–H and O–H groups in total. The van der Waals surface area contributed by atoms with Crippen molar-refractivity contribution < 1.29 is 9.53 Å². The minimum absolute atomic E-state index is 0.0252. The van der Waals surface area contributed by atoms with Crippen LogP contribution >= 0.6 is 0 Å². The Bertz CT molecular complexity index is 712. The summed E-state index contributed by atoms with van der Waals surface area (Å²) in [5.74, 6) is 0.584. The summed E-state index contributed by atoms with van der Waals surface area (Å²) in [6.45, 7) is 2.47. The summed E-state index contributed by atoms with van der Waals surface area (Å²) in [7, 11) is 0. The Morgan fingerprint density at radius 2 is 1.91 bits per heavy atom. The number of carbonyl (C=O) groups excluding carboxylic acids is 1. The highest BCUT2D eigenvalue weighted by molar-refractivity contribution is 5.94. The number of hydrogen-bond donors (Lipinski definition) is 0. The molecule has 1 aromatic heterocycles. The lowest BCUT2D eigenvalue weighted by atomic mass is 9.90. The molecule has 2 aliphatic heterocycles. The van der Waals surface area contributed by atoms with Gasteiger partial charge in [-0.3, -0.25) is 9.78 Å². The third kappa shape index (κ3) is 2.81. The van der Waals surface area contributed by atoms with Gasteiger partial charge in [-0.25, -0.2) is 4.98 Å². The zero-order chi connectivity index (χ0) is 15.6. The highest BCUT2D eigenvalue weighted by atomic mass is 16.5. The maximum absolute atomic E-state index is 12.9. The smallest absolute Gasteiger partial charge is 0.274 e. The van der Waals surface area contributed by atoms with Crippen molar-refractivity contribution in [2.24, 2.45) is 5.92 Å². The zero-order valence-corrected chi connectivity index (χ0v) is 13.1. The largest absolute Gasteiger partial charge is 0.381 e. The number of carbonyl (C=O) groups is 1. The van der Waals surface area contributed by atoms with Gasteiger partial charge in [0, 0.05) is 25.8 Å². The molecule has 2 aromatic rings. The van der Waals surface area contributed by atoms with Gasteiger partial charge in [-0.2, -0.15) is 0 Å². The summed E-state index contributed by atoms with van der Waals surface area (Å²) in [5.41, 5.74) is 2.06. The molecule has 5 heteroatoms. The second-order valence-electron chi connectivity index (χ2n) is 6.40. The van der Waals surface area contributed by atoms with Gasteiger partial charge < -0.3 is 9.64 Å². The van der Waals surface area contributed by atoms with Crippen molar-refractivity contribution >= 4 is 16.9 Å². The molecule has 0 radical (unpaired) electrons. The van der Waals surface area contributed by atoms with Crippen molar-refractivity contribution in [3.05, 3.63) is 36.2 Å². The predicted octanol–water partition coefficient (Wildman–Crippen LogP) is 2.66. The number of amides is 1. The second kappa shape index (κ2) is 6.24. The molecule has 0 saturated carbocycles. The van der Waals surface area contributed by atoms with Crippen LogP contribution in [0.2, 0.25) is 0 Å². The van der Waals surface area contributed by atoms with Gasteiger partial charge in [-0.1, -0.05) is 12.1 Å². The quantitative estimate of drug-likeness (QED) is 0.855. The number of nitrogens with zero attached hydrogens (tertiary/aromatic N) is 3. The maximum atomic E-state index is 12.9. The average Bonchev–Trinajstić information content (AvgIpc) is 3.11. The summed E-state index contributed by atoms with van der Waals surface area (Å²) in [4.78, 5) is 23.9. The van der Waals surface area contributed by atoms with E-state index in [-0.39, 0.29) is 5.91 Å². The predicted molar refractivity (Wildman–Crippen MR) is 87.1 cm³/mol. The van der Waals surface area contributed by atoms with Crippen LogP contribution in [0.4, 0.5) is 0 Å². The molecule has 5 nitrogen and oxygen atoms in total. The molecule has 0 aliphatic carbocycles. The van der Waals surface area contributed by atoms with Crippen molar-refractivity contribution in [1.82, 2.24) is 14.9 Å². The van der Waals surface area contributed by atoms with Gasteiger partial charge in [0.15, 0.2) is 0 Å². The van der Waals surface area contributed by atoms with E-state index in [1.807, 2.05) is 29.2 Å². The van der Waals surface area contributed by atoms with Crippen LogP contribution in [-0.2, 0) is 4.74 Å². The lowest BCUT2D eigenvalue weighted by Crippen LogP contribution is -2.42. The first-order valence-electron chi connectivity index (χ1n) is 8.43. The van der Waals surface area contributed by atoms with Gasteiger partial charge in [-0.15, -0.1) is 0 Å². The third-order valence-electron chi connectivity index (χ3n) is 5.04. The molecule has 4 rings (SSSR count). The van der Waals surface area contributed by atoms with E-state index in [0.29, 0.717) is 17.7 Å². The first kappa shape index (κ1) is 14.6. The Labute approximate surface area is 135 Å². The van der Waals surface area contributed by atoms with Gasteiger partial charge >= 0.3 is 0 Å². The summed E-state index contributed by atoms with van der Waals surface area (Å²) >= 11 is 0. The Morgan fingerprint density at radius 1 is 1.13 bits per heavy atom. The molecule has 2 fully saturated rings. The van der Waals surface area contributed by atoms with Crippen LogP contribution in [0, 0.1) is 5.92 Å². The fraction of sp³-hybridized carbons (Fsp3) is 0.500. The Balaban J connectivity index is 1.58. The number of para-hydroxylation sites is 2. The topological polar surface area (TPSA) is 55.3 Å². The van der Waals surface area contributed by atoms with Crippen LogP contribution in [0.15, 0.2) is 30.5 Å². The molecule has 2 saturated heterocycles. The second-order valence-corrected chi connectivity index (χ2v) is 6.40. The summed E-state index contributed by atoms with van der Waals surface area (Å²) in [6.07, 6.45) is 5.89. The van der Waals surface area contributed by atoms with Crippen LogP contribution in [0.1, 0.15) is 36.2 Å². The first-order valence-corrected chi connectivity index (χ1v) is 8.43. The van der Waals surface area contributed by atoms with Crippen molar-refractivity contribution in [2.75, 3.05) is 19.8 Å². The van der Waals surface area contributed by atoms with E-state index in [1.165, 1.54) is 0 Å². The number of likely N-dealkylation sites (tertiary alicyclic amines) is 1. The number of ether oxygens (including phenoxy) is 1. The van der Waals surface area contributed by atoms with Crippen molar-refractivity contribution in [3.8, 4) is 0 Å². The van der Waals surface area contributed by atoms with Crippen LogP contribution in [0.3, 0.4) is 0 Å². The monoisotopic (exact) mass is 311 g/mol. The molecular formula is C18H21N3O2. The van der Waals surface area contributed by atoms with E-state index in [4.69, 9.17) is 4.74 Å². The fourth-order valence-corrected chi connectivity index (χ4v) is 3.84. The van der Waals surface area contributed by atoms with Gasteiger partial charge in [0.2, 0.25) is 0 Å². The lowest BCUT2D eigenvalue weighted by Gasteiger charge is -2.33.